The molecule has 0 aliphatic rings. The van der Waals surface area contributed by atoms with Gasteiger partial charge in [0.05, 0.1) is 12.6 Å². The van der Waals surface area contributed by atoms with E-state index in [9.17, 15) is 33.6 Å². The van der Waals surface area contributed by atoms with Gasteiger partial charge in [-0.2, -0.15) is 12.6 Å². The summed E-state index contributed by atoms with van der Waals surface area (Å²) in [5, 5.41) is 12.6. The first-order valence-corrected chi connectivity index (χ1v) is 15.2. The van der Waals surface area contributed by atoms with Crippen molar-refractivity contribution in [1.82, 2.24) is 26.6 Å². The summed E-state index contributed by atoms with van der Waals surface area (Å²) in [6, 6.07) is 3.40. The second-order valence-corrected chi connectivity index (χ2v) is 11.6. The van der Waals surface area contributed by atoms with Gasteiger partial charge in [0.2, 0.25) is 41.4 Å². The van der Waals surface area contributed by atoms with Crippen LogP contribution in [0.5, 0.6) is 0 Å². The van der Waals surface area contributed by atoms with Gasteiger partial charge in [-0.05, 0) is 30.2 Å². The lowest BCUT2D eigenvalue weighted by molar-refractivity contribution is -0.136. The third kappa shape index (κ3) is 14.0. The van der Waals surface area contributed by atoms with Crippen molar-refractivity contribution in [2.75, 3.05) is 12.3 Å². The van der Waals surface area contributed by atoms with Gasteiger partial charge in [0.25, 0.3) is 0 Å². The zero-order chi connectivity index (χ0) is 34.3. The SMILES string of the molecule is CC(C)C(NC(=O)C(CCC(N)=O)NC(=O)C(N)Cc1ccccc1)C(=O)NC(C(=O)NC(CS)C(=O)NCC(N)=O)C(C)C. The van der Waals surface area contributed by atoms with E-state index < -0.39 is 89.9 Å². The highest BCUT2D eigenvalue weighted by Crippen LogP contribution is 2.09. The molecule has 7 amide bonds. The normalized spacial score (nSPS) is 14.3. The maximum absolute atomic E-state index is 13.4. The molecule has 5 atom stereocenters. The fourth-order valence-electron chi connectivity index (χ4n) is 4.11. The van der Waals surface area contributed by atoms with Gasteiger partial charge in [0, 0.05) is 12.2 Å². The van der Waals surface area contributed by atoms with Crippen LogP contribution < -0.4 is 43.8 Å². The molecule has 1 rings (SSSR count). The van der Waals surface area contributed by atoms with Crippen molar-refractivity contribution in [2.24, 2.45) is 29.0 Å². The van der Waals surface area contributed by atoms with Gasteiger partial charge < -0.3 is 43.8 Å². The number of nitrogens with one attached hydrogen (secondary N) is 5. The molecular formula is C29H46N8O7S. The number of primary amides is 2. The van der Waals surface area contributed by atoms with Crippen LogP contribution in [0.3, 0.4) is 0 Å². The summed E-state index contributed by atoms with van der Waals surface area (Å²) in [7, 11) is 0. The van der Waals surface area contributed by atoms with E-state index in [0.29, 0.717) is 0 Å². The molecule has 15 nitrogen and oxygen atoms in total. The Hall–Kier alpha value is -4.18. The van der Waals surface area contributed by atoms with Crippen LogP contribution in [0.2, 0.25) is 0 Å². The quantitative estimate of drug-likeness (QED) is 0.0728. The molecule has 0 aromatic heterocycles. The van der Waals surface area contributed by atoms with E-state index >= 15 is 0 Å². The molecule has 1 aromatic carbocycles. The highest BCUT2D eigenvalue weighted by molar-refractivity contribution is 7.80. The Morgan fingerprint density at radius 3 is 1.69 bits per heavy atom. The molecule has 0 aliphatic heterocycles. The maximum atomic E-state index is 13.4. The van der Waals surface area contributed by atoms with E-state index in [0.717, 1.165) is 5.56 Å². The Morgan fingerprint density at radius 2 is 1.20 bits per heavy atom. The lowest BCUT2D eigenvalue weighted by Gasteiger charge is -2.29. The predicted molar refractivity (Wildman–Crippen MR) is 170 cm³/mol. The minimum absolute atomic E-state index is 0.104. The zero-order valence-electron chi connectivity index (χ0n) is 26.0. The van der Waals surface area contributed by atoms with Crippen LogP contribution in [0.25, 0.3) is 0 Å². The Bertz CT molecular complexity index is 1200. The van der Waals surface area contributed by atoms with Gasteiger partial charge in [-0.3, -0.25) is 33.6 Å². The van der Waals surface area contributed by atoms with Crippen LogP contribution in [0.4, 0.5) is 0 Å². The van der Waals surface area contributed by atoms with Gasteiger partial charge in [-0.15, -0.1) is 0 Å². The molecule has 0 saturated carbocycles. The number of rotatable bonds is 19. The van der Waals surface area contributed by atoms with E-state index in [1.807, 2.05) is 6.07 Å². The van der Waals surface area contributed by atoms with Crippen molar-refractivity contribution < 1.29 is 33.6 Å². The summed E-state index contributed by atoms with van der Waals surface area (Å²) in [5.41, 5.74) is 17.2. The Labute approximate surface area is 268 Å². The Balaban J connectivity index is 3.03. The maximum Gasteiger partial charge on any atom is 0.243 e. The summed E-state index contributed by atoms with van der Waals surface area (Å²) in [6.45, 7) is 6.25. The molecule has 5 unspecified atom stereocenters. The van der Waals surface area contributed by atoms with Crippen molar-refractivity contribution in [1.29, 1.82) is 0 Å². The number of carbonyl (C=O) groups is 7. The van der Waals surface area contributed by atoms with E-state index in [2.05, 4.69) is 39.2 Å². The van der Waals surface area contributed by atoms with Crippen molar-refractivity contribution in [3.63, 3.8) is 0 Å². The third-order valence-corrected chi connectivity index (χ3v) is 7.06. The number of hydrogen-bond acceptors (Lipinski definition) is 9. The van der Waals surface area contributed by atoms with Crippen LogP contribution in [-0.4, -0.2) is 83.9 Å². The van der Waals surface area contributed by atoms with Gasteiger partial charge in [0.1, 0.15) is 24.2 Å². The third-order valence-electron chi connectivity index (χ3n) is 6.69. The molecule has 1 aromatic rings. The highest BCUT2D eigenvalue weighted by atomic mass is 32.1. The van der Waals surface area contributed by atoms with E-state index in [-0.39, 0.29) is 25.0 Å². The van der Waals surface area contributed by atoms with Crippen molar-refractivity contribution in [3.05, 3.63) is 35.9 Å². The van der Waals surface area contributed by atoms with E-state index in [4.69, 9.17) is 17.2 Å². The summed E-state index contributed by atoms with van der Waals surface area (Å²) >= 11 is 4.08. The Kier molecular flexibility index (Phi) is 16.6. The molecule has 45 heavy (non-hydrogen) atoms. The number of benzene rings is 1. The first kappa shape index (κ1) is 38.8. The van der Waals surface area contributed by atoms with Crippen LogP contribution in [0, 0.1) is 11.8 Å². The first-order chi connectivity index (χ1) is 21.1. The van der Waals surface area contributed by atoms with Crippen LogP contribution in [0.1, 0.15) is 46.1 Å². The number of hydrogen-bond donors (Lipinski definition) is 9. The average molecular weight is 651 g/mol. The van der Waals surface area contributed by atoms with Crippen molar-refractivity contribution in [3.8, 4) is 0 Å². The number of nitrogens with two attached hydrogens (primary N) is 3. The molecule has 0 bridgehead atoms. The standard InChI is InChI=1S/C29H46N8O7S/c1-15(2)23(28(43)35-20(14-45)26(41)33-13-22(32)39)37-29(44)24(16(3)4)36-27(42)19(10-11-21(31)38)34-25(40)18(30)12-17-8-6-5-7-9-17/h5-9,15-16,18-20,23-24,45H,10-14,30H2,1-4H3,(H2,31,38)(H2,32,39)(H,33,41)(H,34,40)(H,35,43)(H,36,42)(H,37,44). The molecule has 250 valence electrons. The monoisotopic (exact) mass is 650 g/mol. The molecule has 11 N–H and O–H groups in total. The molecule has 0 spiro atoms. The summed E-state index contributed by atoms with van der Waals surface area (Å²) in [6.07, 6.45) is -0.162. The summed E-state index contributed by atoms with van der Waals surface area (Å²) in [5.74, 6) is -5.95. The van der Waals surface area contributed by atoms with Crippen molar-refractivity contribution in [2.45, 2.75) is 77.2 Å². The fraction of sp³-hybridized carbons (Fsp3) is 0.552. The second kappa shape index (κ2) is 19.3. The molecule has 0 fully saturated rings. The van der Waals surface area contributed by atoms with Gasteiger partial charge in [-0.1, -0.05) is 58.0 Å². The fourth-order valence-corrected chi connectivity index (χ4v) is 4.37. The minimum atomic E-state index is -1.24. The lowest BCUT2D eigenvalue weighted by atomic mass is 9.98. The van der Waals surface area contributed by atoms with Gasteiger partial charge in [0.15, 0.2) is 0 Å². The van der Waals surface area contributed by atoms with E-state index in [1.165, 1.54) is 0 Å². The minimum Gasteiger partial charge on any atom is -0.370 e. The molecule has 0 saturated heterocycles. The molecule has 0 heterocycles. The highest BCUT2D eigenvalue weighted by Gasteiger charge is 2.34. The largest absolute Gasteiger partial charge is 0.370 e. The second-order valence-electron chi connectivity index (χ2n) is 11.3. The molecule has 0 radical (unpaired) electrons. The van der Waals surface area contributed by atoms with E-state index in [1.54, 1.807) is 52.0 Å². The van der Waals surface area contributed by atoms with Crippen LogP contribution in [-0.2, 0) is 40.0 Å². The van der Waals surface area contributed by atoms with Gasteiger partial charge >= 0.3 is 0 Å². The summed E-state index contributed by atoms with van der Waals surface area (Å²) in [4.78, 5) is 87.5. The smallest absolute Gasteiger partial charge is 0.243 e. The number of thiol groups is 1. The average Bonchev–Trinajstić information content (AvgIpc) is 2.97. The molecular weight excluding hydrogens is 604 g/mol. The van der Waals surface area contributed by atoms with Gasteiger partial charge in [-0.25, -0.2) is 0 Å². The molecule has 0 aliphatic carbocycles. The number of amides is 7. The predicted octanol–water partition coefficient (Wildman–Crippen LogP) is -2.40. The Morgan fingerprint density at radius 1 is 0.689 bits per heavy atom. The first-order valence-electron chi connectivity index (χ1n) is 14.5. The summed E-state index contributed by atoms with van der Waals surface area (Å²) < 4.78 is 0. The van der Waals surface area contributed by atoms with Crippen LogP contribution in [0.15, 0.2) is 30.3 Å². The lowest BCUT2D eigenvalue weighted by Crippen LogP contribution is -2.61. The topological polar surface area (TPSA) is 258 Å². The van der Waals surface area contributed by atoms with Crippen molar-refractivity contribution >= 4 is 54.0 Å². The molecule has 16 heteroatoms. The number of carbonyl (C=O) groups excluding carboxylic acids is 7. The zero-order valence-corrected chi connectivity index (χ0v) is 26.9. The van der Waals surface area contributed by atoms with Crippen LogP contribution >= 0.6 is 12.6 Å².